The van der Waals surface area contributed by atoms with Crippen LogP contribution in [0.5, 0.6) is 0 Å². The van der Waals surface area contributed by atoms with Crippen LogP contribution in [0.25, 0.3) is 16.6 Å². The van der Waals surface area contributed by atoms with Gasteiger partial charge in [0, 0.05) is 24.3 Å². The predicted octanol–water partition coefficient (Wildman–Crippen LogP) is 0.612. The van der Waals surface area contributed by atoms with Gasteiger partial charge in [-0.2, -0.15) is 5.23 Å². The number of fused-ring (bicyclic) bond motifs is 4. The maximum Gasteiger partial charge on any atom is 0.269 e. The van der Waals surface area contributed by atoms with Gasteiger partial charge in [-0.25, -0.2) is 19.0 Å². The molecule has 0 saturated heterocycles. The number of carbonyl (C=O) groups excluding carboxylic acids is 1. The van der Waals surface area contributed by atoms with E-state index in [1.165, 1.54) is 12.1 Å². The van der Waals surface area contributed by atoms with Crippen molar-refractivity contribution >= 4 is 22.4 Å². The number of halogens is 2. The van der Waals surface area contributed by atoms with E-state index in [1.54, 1.807) is 0 Å². The Morgan fingerprint density at radius 1 is 1.17 bits per heavy atom. The monoisotopic (exact) mass is 331 g/mol. The fourth-order valence-corrected chi connectivity index (χ4v) is 2.77. The molecule has 2 aromatic carbocycles. The third-order valence-electron chi connectivity index (χ3n) is 3.82. The molecule has 3 aromatic rings. The van der Waals surface area contributed by atoms with Crippen LogP contribution in [0.3, 0.4) is 0 Å². The Morgan fingerprint density at radius 3 is 2.62 bits per heavy atom. The van der Waals surface area contributed by atoms with E-state index in [1.807, 2.05) is 0 Å². The highest BCUT2D eigenvalue weighted by Gasteiger charge is 2.32. The molecule has 1 unspecified atom stereocenters. The molecule has 0 amide bonds. The summed E-state index contributed by atoms with van der Waals surface area (Å²) in [6.45, 7) is 0. The third-order valence-corrected chi connectivity index (χ3v) is 3.82. The predicted molar refractivity (Wildman–Crippen MR) is 76.5 cm³/mol. The molecule has 4 rings (SSSR count). The van der Waals surface area contributed by atoms with Gasteiger partial charge in [0.15, 0.2) is 11.5 Å². The van der Waals surface area contributed by atoms with Gasteiger partial charge >= 0.3 is 0 Å². The van der Waals surface area contributed by atoms with Crippen LogP contribution in [0, 0.1) is 16.8 Å². The van der Waals surface area contributed by atoms with Crippen LogP contribution in [0.1, 0.15) is 16.2 Å². The molecule has 0 fully saturated rings. The summed E-state index contributed by atoms with van der Waals surface area (Å²) in [4.78, 5) is 28.9. The van der Waals surface area contributed by atoms with Gasteiger partial charge < -0.3 is 5.21 Å². The van der Waals surface area contributed by atoms with Crippen LogP contribution in [-0.4, -0.2) is 20.5 Å². The molecule has 0 spiro atoms. The van der Waals surface area contributed by atoms with Crippen molar-refractivity contribution < 1.29 is 24.0 Å². The Bertz CT molecular complexity index is 1110. The van der Waals surface area contributed by atoms with Crippen molar-refractivity contribution in [1.29, 1.82) is 0 Å². The number of carbonyl (C=O) groups is 1. The second-order valence-electron chi connectivity index (χ2n) is 5.22. The topological polar surface area (TPSA) is 99.7 Å². The minimum Gasteiger partial charge on any atom is -0.595 e. The summed E-state index contributed by atoms with van der Waals surface area (Å²) in [7, 11) is 0. The minimum atomic E-state index is -1.24. The molecule has 24 heavy (non-hydrogen) atoms. The van der Waals surface area contributed by atoms with Crippen molar-refractivity contribution in [1.82, 2.24) is 9.55 Å². The first-order valence-corrected chi connectivity index (χ1v) is 6.72. The molecule has 1 atom stereocenters. The summed E-state index contributed by atoms with van der Waals surface area (Å²) in [6.07, 6.45) is 0. The van der Waals surface area contributed by atoms with Crippen LogP contribution in [0.4, 0.5) is 14.5 Å². The van der Waals surface area contributed by atoms with Gasteiger partial charge in [0.1, 0.15) is 17.0 Å². The standard InChI is InChI=1S/C15H7F2N3O4/c16-6-3-9(17)12-10(4-6)18-14-13(21)8-5-7(20(23)24)1-2-11(8)19(14)15(12)22/h1-5,20,23H. The number of hydrogen-bond donors (Lipinski definition) is 2. The molecule has 0 radical (unpaired) electrons. The zero-order valence-electron chi connectivity index (χ0n) is 11.7. The fraction of sp³-hybridized carbons (Fsp3) is 0. The normalized spacial score (nSPS) is 13.9. The van der Waals surface area contributed by atoms with E-state index in [-0.39, 0.29) is 28.3 Å². The molecule has 0 aliphatic carbocycles. The van der Waals surface area contributed by atoms with E-state index < -0.39 is 33.6 Å². The van der Waals surface area contributed by atoms with Crippen molar-refractivity contribution in [2.45, 2.75) is 0 Å². The molecule has 7 nitrogen and oxygen atoms in total. The summed E-state index contributed by atoms with van der Waals surface area (Å²) in [6, 6.07) is 5.05. The molecule has 2 N–H and O–H groups in total. The zero-order chi connectivity index (χ0) is 17.2. The highest BCUT2D eigenvalue weighted by Crippen LogP contribution is 2.28. The first kappa shape index (κ1) is 14.6. The van der Waals surface area contributed by atoms with Gasteiger partial charge in [0.05, 0.1) is 16.8 Å². The van der Waals surface area contributed by atoms with Crippen molar-refractivity contribution in [2.24, 2.45) is 0 Å². The Labute approximate surface area is 131 Å². The number of nitrogens with one attached hydrogen (secondary N) is 1. The van der Waals surface area contributed by atoms with Crippen molar-refractivity contribution in [3.05, 3.63) is 68.9 Å². The quantitative estimate of drug-likeness (QED) is 0.498. The van der Waals surface area contributed by atoms with Crippen molar-refractivity contribution in [3.63, 3.8) is 0 Å². The highest BCUT2D eigenvalue weighted by atomic mass is 19.1. The third kappa shape index (κ3) is 1.83. The van der Waals surface area contributed by atoms with Crippen LogP contribution in [-0.2, 0) is 0 Å². The van der Waals surface area contributed by atoms with Crippen LogP contribution in [0.2, 0.25) is 0 Å². The summed E-state index contributed by atoms with van der Waals surface area (Å²) in [5.74, 6) is -3.00. The lowest BCUT2D eigenvalue weighted by atomic mass is 10.1. The average Bonchev–Trinajstić information content (AvgIpc) is 2.79. The lowest BCUT2D eigenvalue weighted by Crippen LogP contribution is -2.99. The van der Waals surface area contributed by atoms with Gasteiger partial charge in [0.2, 0.25) is 5.78 Å². The summed E-state index contributed by atoms with van der Waals surface area (Å²) in [5.41, 5.74) is -1.19. The molecule has 0 bridgehead atoms. The van der Waals surface area contributed by atoms with Crippen molar-refractivity contribution in [3.8, 4) is 5.69 Å². The number of quaternary nitrogens is 1. The van der Waals surface area contributed by atoms with E-state index in [4.69, 9.17) is 5.21 Å². The van der Waals surface area contributed by atoms with Gasteiger partial charge in [-0.3, -0.25) is 14.2 Å². The average molecular weight is 331 g/mol. The number of nitrogens with zero attached hydrogens (tertiary/aromatic N) is 2. The number of ketones is 1. The Kier molecular flexibility index (Phi) is 2.88. The first-order valence-electron chi connectivity index (χ1n) is 6.72. The molecule has 9 heteroatoms. The lowest BCUT2D eigenvalue weighted by molar-refractivity contribution is -0.991. The first-order chi connectivity index (χ1) is 11.4. The summed E-state index contributed by atoms with van der Waals surface area (Å²) >= 11 is 0. The smallest absolute Gasteiger partial charge is 0.269 e. The summed E-state index contributed by atoms with van der Waals surface area (Å²) < 4.78 is 28.2. The second kappa shape index (κ2) is 4.74. The number of rotatable bonds is 1. The second-order valence-corrected chi connectivity index (χ2v) is 5.22. The van der Waals surface area contributed by atoms with Crippen molar-refractivity contribution in [2.75, 3.05) is 0 Å². The van der Waals surface area contributed by atoms with Gasteiger partial charge in [-0.15, -0.1) is 0 Å². The molecule has 1 aliphatic heterocycles. The highest BCUT2D eigenvalue weighted by molar-refractivity contribution is 6.13. The van der Waals surface area contributed by atoms with E-state index in [0.717, 1.165) is 16.7 Å². The number of hydrogen-bond acceptors (Lipinski definition) is 5. The Balaban J connectivity index is 2.10. The van der Waals surface area contributed by atoms with E-state index in [9.17, 15) is 23.6 Å². The van der Waals surface area contributed by atoms with Gasteiger partial charge in [-0.05, 0) is 6.07 Å². The van der Waals surface area contributed by atoms with Crippen LogP contribution < -0.4 is 10.8 Å². The number of aromatic nitrogens is 2. The maximum absolute atomic E-state index is 14.0. The molecule has 1 aliphatic rings. The maximum atomic E-state index is 14.0. The molecule has 0 saturated carbocycles. The SMILES string of the molecule is O=C1c2cc([NH+]([O-])O)ccc2-n2c1nc1cc(F)cc(F)c1c2=O. The minimum absolute atomic E-state index is 0.0318. The van der Waals surface area contributed by atoms with E-state index in [2.05, 4.69) is 4.98 Å². The van der Waals surface area contributed by atoms with Crippen LogP contribution in [0.15, 0.2) is 35.1 Å². The Morgan fingerprint density at radius 2 is 1.92 bits per heavy atom. The fourth-order valence-electron chi connectivity index (χ4n) is 2.77. The van der Waals surface area contributed by atoms with Gasteiger partial charge in [-0.1, -0.05) is 0 Å². The van der Waals surface area contributed by atoms with E-state index in [0.29, 0.717) is 6.07 Å². The summed E-state index contributed by atoms with van der Waals surface area (Å²) in [5, 5.41) is 18.4. The zero-order valence-corrected chi connectivity index (χ0v) is 11.7. The molecule has 2 heterocycles. The molecular formula is C15H7F2N3O4. The van der Waals surface area contributed by atoms with Gasteiger partial charge in [0.25, 0.3) is 5.56 Å². The van der Waals surface area contributed by atoms with E-state index >= 15 is 0 Å². The Hall–Kier alpha value is -3.01. The largest absolute Gasteiger partial charge is 0.595 e. The lowest BCUT2D eigenvalue weighted by Gasteiger charge is -2.12. The van der Waals surface area contributed by atoms with Crippen LogP contribution >= 0.6 is 0 Å². The molecular weight excluding hydrogens is 324 g/mol. The molecule has 120 valence electrons. The molecule has 1 aromatic heterocycles. The number of benzene rings is 2.